The predicted octanol–water partition coefficient (Wildman–Crippen LogP) is 2.19. The number of hydrogen-bond acceptors (Lipinski definition) is 2. The Hall–Kier alpha value is -0.0800. The zero-order valence-electron chi connectivity index (χ0n) is 9.51. The lowest BCUT2D eigenvalue weighted by molar-refractivity contribution is -0.00133. The summed E-state index contributed by atoms with van der Waals surface area (Å²) in [7, 11) is 0. The molecule has 2 aliphatic rings. The minimum atomic E-state index is 0.351. The molecule has 2 rings (SSSR count). The molecule has 0 aromatic rings. The van der Waals surface area contributed by atoms with Gasteiger partial charge < -0.3 is 10.1 Å². The molecule has 1 saturated heterocycles. The standard InChI is InChI=1S/C12H23NO/c1-10(2)11-3-5-12(6-4-11)9-14-8-7-13-12/h10-11,13H,3-9H2,1-2H3. The molecule has 0 amide bonds. The lowest BCUT2D eigenvalue weighted by Gasteiger charge is -2.44. The van der Waals surface area contributed by atoms with Crippen LogP contribution < -0.4 is 5.32 Å². The van der Waals surface area contributed by atoms with E-state index in [2.05, 4.69) is 19.2 Å². The van der Waals surface area contributed by atoms with Gasteiger partial charge in [0.25, 0.3) is 0 Å². The smallest absolute Gasteiger partial charge is 0.0648 e. The van der Waals surface area contributed by atoms with E-state index < -0.39 is 0 Å². The first-order valence-corrected chi connectivity index (χ1v) is 6.05. The summed E-state index contributed by atoms with van der Waals surface area (Å²) < 4.78 is 5.60. The highest BCUT2D eigenvalue weighted by molar-refractivity contribution is 4.94. The lowest BCUT2D eigenvalue weighted by Crippen LogP contribution is -2.56. The van der Waals surface area contributed by atoms with Crippen LogP contribution in [0.2, 0.25) is 0 Å². The van der Waals surface area contributed by atoms with Crippen LogP contribution in [0.3, 0.4) is 0 Å². The van der Waals surface area contributed by atoms with Crippen molar-refractivity contribution in [3.63, 3.8) is 0 Å². The van der Waals surface area contributed by atoms with Crippen molar-refractivity contribution in [3.05, 3.63) is 0 Å². The number of nitrogens with one attached hydrogen (secondary N) is 1. The summed E-state index contributed by atoms with van der Waals surface area (Å²) in [6.45, 7) is 7.60. The Bertz CT molecular complexity index is 175. The summed E-state index contributed by atoms with van der Waals surface area (Å²) in [5.74, 6) is 1.81. The second kappa shape index (κ2) is 4.19. The molecular weight excluding hydrogens is 174 g/mol. The van der Waals surface area contributed by atoms with Crippen LogP contribution in [0.5, 0.6) is 0 Å². The number of ether oxygens (including phenoxy) is 1. The first-order chi connectivity index (χ1) is 6.72. The van der Waals surface area contributed by atoms with Crippen molar-refractivity contribution in [3.8, 4) is 0 Å². The molecule has 1 heterocycles. The van der Waals surface area contributed by atoms with E-state index in [0.717, 1.165) is 31.6 Å². The fourth-order valence-electron chi connectivity index (χ4n) is 2.89. The molecule has 1 N–H and O–H groups in total. The van der Waals surface area contributed by atoms with Crippen LogP contribution in [-0.4, -0.2) is 25.3 Å². The van der Waals surface area contributed by atoms with Gasteiger partial charge in [-0.3, -0.25) is 0 Å². The van der Waals surface area contributed by atoms with E-state index in [-0.39, 0.29) is 0 Å². The molecule has 2 fully saturated rings. The molecule has 1 spiro atoms. The molecule has 2 heteroatoms. The largest absolute Gasteiger partial charge is 0.378 e. The molecule has 1 saturated carbocycles. The van der Waals surface area contributed by atoms with Crippen molar-refractivity contribution in [1.29, 1.82) is 0 Å². The van der Waals surface area contributed by atoms with Gasteiger partial charge in [-0.05, 0) is 37.5 Å². The van der Waals surface area contributed by atoms with Crippen LogP contribution in [0.25, 0.3) is 0 Å². The van der Waals surface area contributed by atoms with Gasteiger partial charge in [-0.1, -0.05) is 13.8 Å². The Morgan fingerprint density at radius 3 is 2.50 bits per heavy atom. The molecular formula is C12H23NO. The molecule has 14 heavy (non-hydrogen) atoms. The zero-order valence-corrected chi connectivity index (χ0v) is 9.51. The minimum absolute atomic E-state index is 0.351. The van der Waals surface area contributed by atoms with E-state index in [0.29, 0.717) is 5.54 Å². The monoisotopic (exact) mass is 197 g/mol. The summed E-state index contributed by atoms with van der Waals surface area (Å²) in [6, 6.07) is 0. The van der Waals surface area contributed by atoms with Gasteiger partial charge in [-0.15, -0.1) is 0 Å². The zero-order chi connectivity index (χ0) is 10.0. The van der Waals surface area contributed by atoms with Crippen LogP contribution in [0.4, 0.5) is 0 Å². The molecule has 82 valence electrons. The maximum absolute atomic E-state index is 5.60. The van der Waals surface area contributed by atoms with E-state index in [1.54, 1.807) is 0 Å². The summed E-state index contributed by atoms with van der Waals surface area (Å²) >= 11 is 0. The molecule has 1 aliphatic heterocycles. The Kier molecular flexibility index (Phi) is 3.13. The summed E-state index contributed by atoms with van der Waals surface area (Å²) in [5.41, 5.74) is 0.351. The Morgan fingerprint density at radius 2 is 2.00 bits per heavy atom. The van der Waals surface area contributed by atoms with E-state index >= 15 is 0 Å². The fourth-order valence-corrected chi connectivity index (χ4v) is 2.89. The van der Waals surface area contributed by atoms with Gasteiger partial charge in [0, 0.05) is 12.1 Å². The van der Waals surface area contributed by atoms with Crippen LogP contribution in [-0.2, 0) is 4.74 Å². The van der Waals surface area contributed by atoms with Crippen molar-refractivity contribution in [2.24, 2.45) is 11.8 Å². The predicted molar refractivity (Wildman–Crippen MR) is 58.3 cm³/mol. The van der Waals surface area contributed by atoms with Crippen molar-refractivity contribution in [2.45, 2.75) is 45.1 Å². The van der Waals surface area contributed by atoms with Crippen LogP contribution in [0, 0.1) is 11.8 Å². The number of rotatable bonds is 1. The van der Waals surface area contributed by atoms with E-state index in [9.17, 15) is 0 Å². The molecule has 0 atom stereocenters. The molecule has 2 nitrogen and oxygen atoms in total. The van der Waals surface area contributed by atoms with Gasteiger partial charge in [0.2, 0.25) is 0 Å². The van der Waals surface area contributed by atoms with Crippen molar-refractivity contribution < 1.29 is 4.74 Å². The van der Waals surface area contributed by atoms with Crippen LogP contribution in [0.1, 0.15) is 39.5 Å². The highest BCUT2D eigenvalue weighted by Crippen LogP contribution is 2.36. The Balaban J connectivity index is 1.87. The molecule has 0 aromatic carbocycles. The Labute approximate surface area is 87.4 Å². The third kappa shape index (κ3) is 2.12. The van der Waals surface area contributed by atoms with Gasteiger partial charge in [0.05, 0.1) is 13.2 Å². The first-order valence-electron chi connectivity index (χ1n) is 6.05. The molecule has 0 radical (unpaired) electrons. The molecule has 1 aliphatic carbocycles. The van der Waals surface area contributed by atoms with Gasteiger partial charge in [0.15, 0.2) is 0 Å². The second-order valence-corrected chi connectivity index (χ2v) is 5.34. The van der Waals surface area contributed by atoms with Crippen molar-refractivity contribution in [1.82, 2.24) is 5.32 Å². The highest BCUT2D eigenvalue weighted by Gasteiger charge is 2.37. The average molecular weight is 197 g/mol. The molecule has 0 bridgehead atoms. The lowest BCUT2D eigenvalue weighted by atomic mass is 9.73. The maximum Gasteiger partial charge on any atom is 0.0648 e. The fraction of sp³-hybridized carbons (Fsp3) is 1.00. The minimum Gasteiger partial charge on any atom is -0.378 e. The third-order valence-electron chi connectivity index (χ3n) is 4.05. The molecule has 0 aromatic heterocycles. The van der Waals surface area contributed by atoms with Crippen molar-refractivity contribution in [2.75, 3.05) is 19.8 Å². The van der Waals surface area contributed by atoms with Crippen LogP contribution in [0.15, 0.2) is 0 Å². The average Bonchev–Trinajstić information content (AvgIpc) is 2.19. The normalized spacial score (nSPS) is 39.2. The highest BCUT2D eigenvalue weighted by atomic mass is 16.5. The van der Waals surface area contributed by atoms with E-state index in [4.69, 9.17) is 4.74 Å². The van der Waals surface area contributed by atoms with E-state index in [1.807, 2.05) is 0 Å². The van der Waals surface area contributed by atoms with Gasteiger partial charge in [-0.2, -0.15) is 0 Å². The van der Waals surface area contributed by atoms with Gasteiger partial charge >= 0.3 is 0 Å². The topological polar surface area (TPSA) is 21.3 Å². The second-order valence-electron chi connectivity index (χ2n) is 5.34. The Morgan fingerprint density at radius 1 is 1.29 bits per heavy atom. The van der Waals surface area contributed by atoms with Crippen LogP contribution >= 0.6 is 0 Å². The SMILES string of the molecule is CC(C)C1CCC2(CC1)COCCN2. The first kappa shape index (κ1) is 10.4. The summed E-state index contributed by atoms with van der Waals surface area (Å²) in [4.78, 5) is 0. The third-order valence-corrected chi connectivity index (χ3v) is 4.05. The molecule has 0 unspecified atom stereocenters. The maximum atomic E-state index is 5.60. The number of morpholine rings is 1. The summed E-state index contributed by atoms with van der Waals surface area (Å²) in [6.07, 6.45) is 5.40. The van der Waals surface area contributed by atoms with Gasteiger partial charge in [0.1, 0.15) is 0 Å². The number of hydrogen-bond donors (Lipinski definition) is 1. The van der Waals surface area contributed by atoms with E-state index in [1.165, 1.54) is 25.7 Å². The van der Waals surface area contributed by atoms with Crippen molar-refractivity contribution >= 4 is 0 Å². The summed E-state index contributed by atoms with van der Waals surface area (Å²) in [5, 5.41) is 3.67. The quantitative estimate of drug-likeness (QED) is 0.696. The van der Waals surface area contributed by atoms with Gasteiger partial charge in [-0.25, -0.2) is 0 Å².